The summed E-state index contributed by atoms with van der Waals surface area (Å²) in [5.41, 5.74) is -1.51. The molecule has 0 radical (unpaired) electrons. The molecule has 3 aliphatic carbocycles. The molecule has 1 saturated heterocycles. The Morgan fingerprint density at radius 1 is 1.09 bits per heavy atom. The van der Waals surface area contributed by atoms with Crippen LogP contribution in [0.1, 0.15) is 66.7 Å². The van der Waals surface area contributed by atoms with Gasteiger partial charge in [0.25, 0.3) is 0 Å². The number of halogens is 1. The zero-order chi connectivity index (χ0) is 40.3. The highest BCUT2D eigenvalue weighted by molar-refractivity contribution is 7.18. The molecule has 3 heterocycles. The number of nitrogens with zero attached hydrogens (tertiary/aromatic N) is 4. The van der Waals surface area contributed by atoms with Gasteiger partial charge in [0, 0.05) is 29.8 Å². The average molecular weight is 810 g/mol. The van der Waals surface area contributed by atoms with E-state index in [0.717, 1.165) is 12.8 Å². The molecular weight excluding hydrogens is 762 g/mol. The fourth-order valence-corrected chi connectivity index (χ4v) is 9.09. The Morgan fingerprint density at radius 2 is 1.82 bits per heavy atom. The first-order chi connectivity index (χ1) is 26.5. The second kappa shape index (κ2) is 15.0. The standard InChI is InChI=1S/C39H48ClN7O8S/c1-8-21-16-39(21,35(50)51)44-32(48)26-14-23(17-47(26)34(49)31(38(4,5)6)43-37(52)55-22-12-19-11-20(19)13-22)54-28-15-25(33-45-46-36(56-33)41-18(2)3)42-30-24(28)9-10-27(53-7)29(30)40/h8-10,15,18-23,26,31H,1,11-14,16-17H2,2-7H3,(H,41,46)(H,43,52)(H,44,48)(H,50,51)/t19-,20+,21?,22+,23?,26-,31+,39+/m0/s1. The number of hydrogen-bond donors (Lipinski definition) is 4. The molecule has 7 rings (SSSR count). The van der Waals surface area contributed by atoms with Gasteiger partial charge in [0.15, 0.2) is 5.01 Å². The Bertz CT molecular complexity index is 2060. The average Bonchev–Trinajstić information content (AvgIpc) is 3.80. The van der Waals surface area contributed by atoms with Crippen LogP contribution in [0.3, 0.4) is 0 Å². The van der Waals surface area contributed by atoms with Gasteiger partial charge in [0.1, 0.15) is 52.0 Å². The molecule has 1 aliphatic heterocycles. The van der Waals surface area contributed by atoms with Crippen molar-refractivity contribution in [3.8, 4) is 22.2 Å². The fraction of sp³-hybridized carbons (Fsp3) is 0.564. The van der Waals surface area contributed by atoms with E-state index in [4.69, 9.17) is 30.8 Å². The van der Waals surface area contributed by atoms with Crippen LogP contribution in [0.4, 0.5) is 9.93 Å². The second-order valence-electron chi connectivity index (χ2n) is 16.7. The van der Waals surface area contributed by atoms with Crippen molar-refractivity contribution in [2.24, 2.45) is 23.2 Å². The first-order valence-corrected chi connectivity index (χ1v) is 20.1. The number of ether oxygens (including phenoxy) is 3. The highest BCUT2D eigenvalue weighted by Crippen LogP contribution is 2.52. The highest BCUT2D eigenvalue weighted by Gasteiger charge is 2.61. The number of carboxylic acid groups (broad SMARTS) is 1. The van der Waals surface area contributed by atoms with Crippen LogP contribution in [0.2, 0.25) is 5.02 Å². The number of aliphatic carboxylic acids is 1. The van der Waals surface area contributed by atoms with Gasteiger partial charge in [0.2, 0.25) is 16.9 Å². The van der Waals surface area contributed by atoms with Crippen molar-refractivity contribution in [3.63, 3.8) is 0 Å². The number of nitrogens with one attached hydrogen (secondary N) is 3. The van der Waals surface area contributed by atoms with Crippen molar-refractivity contribution < 1.29 is 38.5 Å². The number of pyridine rings is 1. The zero-order valence-corrected chi connectivity index (χ0v) is 33.8. The summed E-state index contributed by atoms with van der Waals surface area (Å²) >= 11 is 8.10. The Hall–Kier alpha value is -4.70. The summed E-state index contributed by atoms with van der Waals surface area (Å²) in [5, 5.41) is 29.4. The number of alkyl carbamates (subject to hydrolysis) is 1. The van der Waals surface area contributed by atoms with Gasteiger partial charge in [-0.25, -0.2) is 14.6 Å². The quantitative estimate of drug-likeness (QED) is 0.155. The van der Waals surface area contributed by atoms with Gasteiger partial charge in [-0.15, -0.1) is 16.8 Å². The van der Waals surface area contributed by atoms with E-state index in [-0.39, 0.29) is 36.6 Å². The number of hydrogen-bond acceptors (Lipinski definition) is 12. The molecule has 0 bridgehead atoms. The minimum absolute atomic E-state index is 0.0164. The highest BCUT2D eigenvalue weighted by atomic mass is 35.5. The van der Waals surface area contributed by atoms with E-state index < -0.39 is 58.9 Å². The molecule has 17 heteroatoms. The van der Waals surface area contributed by atoms with Crippen molar-refractivity contribution in [2.45, 2.75) is 103 Å². The molecule has 3 amide bonds. The van der Waals surface area contributed by atoms with E-state index in [1.165, 1.54) is 35.8 Å². The number of methoxy groups -OCH3 is 1. The number of aromatic nitrogens is 3. The Kier molecular flexibility index (Phi) is 10.6. The molecule has 3 saturated carbocycles. The van der Waals surface area contributed by atoms with Crippen LogP contribution in [0.25, 0.3) is 21.6 Å². The maximum Gasteiger partial charge on any atom is 0.408 e. The second-order valence-corrected chi connectivity index (χ2v) is 18.0. The number of fused-ring (bicyclic) bond motifs is 2. The summed E-state index contributed by atoms with van der Waals surface area (Å²) in [7, 11) is 1.50. The minimum atomic E-state index is -1.53. The van der Waals surface area contributed by atoms with Crippen molar-refractivity contribution in [3.05, 3.63) is 35.9 Å². The number of carbonyl (C=O) groups excluding carboxylic acids is 3. The van der Waals surface area contributed by atoms with Gasteiger partial charge in [-0.3, -0.25) is 9.59 Å². The Labute approximate surface area is 333 Å². The summed E-state index contributed by atoms with van der Waals surface area (Å²) < 4.78 is 17.9. The summed E-state index contributed by atoms with van der Waals surface area (Å²) in [6.07, 6.45) is 2.84. The monoisotopic (exact) mass is 809 g/mol. The molecule has 3 aromatic rings. The first kappa shape index (κ1) is 39.5. The molecule has 2 aromatic heterocycles. The van der Waals surface area contributed by atoms with E-state index in [9.17, 15) is 24.3 Å². The Morgan fingerprint density at radius 3 is 2.45 bits per heavy atom. The molecule has 4 N–H and O–H groups in total. The van der Waals surface area contributed by atoms with Crippen LogP contribution in [-0.4, -0.2) is 98.6 Å². The molecule has 4 fully saturated rings. The number of carboxylic acids is 1. The lowest BCUT2D eigenvalue weighted by atomic mass is 9.85. The van der Waals surface area contributed by atoms with Gasteiger partial charge in [0.05, 0.1) is 19.2 Å². The van der Waals surface area contributed by atoms with Crippen LogP contribution in [0.5, 0.6) is 11.5 Å². The van der Waals surface area contributed by atoms with Crippen molar-refractivity contribution in [1.29, 1.82) is 0 Å². The summed E-state index contributed by atoms with van der Waals surface area (Å²) in [6.45, 7) is 13.1. The minimum Gasteiger partial charge on any atom is -0.495 e. The third kappa shape index (κ3) is 7.82. The topological polar surface area (TPSA) is 194 Å². The Balaban J connectivity index is 1.20. The van der Waals surface area contributed by atoms with Crippen LogP contribution in [0.15, 0.2) is 30.9 Å². The van der Waals surface area contributed by atoms with Crippen LogP contribution in [-0.2, 0) is 19.1 Å². The summed E-state index contributed by atoms with van der Waals surface area (Å²) in [4.78, 5) is 60.6. The molecule has 15 nitrogen and oxygen atoms in total. The smallest absolute Gasteiger partial charge is 0.408 e. The number of anilines is 1. The maximum atomic E-state index is 14.6. The number of carbonyl (C=O) groups is 4. The van der Waals surface area contributed by atoms with Gasteiger partial charge in [-0.1, -0.05) is 49.8 Å². The molecule has 300 valence electrons. The van der Waals surface area contributed by atoms with Crippen LogP contribution >= 0.6 is 22.9 Å². The first-order valence-electron chi connectivity index (χ1n) is 18.9. The molecular formula is C39H48ClN7O8S. The van der Waals surface area contributed by atoms with Crippen LogP contribution < -0.4 is 25.4 Å². The number of benzene rings is 1. The predicted octanol–water partition coefficient (Wildman–Crippen LogP) is 5.67. The fourth-order valence-electron chi connectivity index (χ4n) is 7.95. The van der Waals surface area contributed by atoms with Crippen molar-refractivity contribution in [1.82, 2.24) is 30.7 Å². The van der Waals surface area contributed by atoms with E-state index in [1.807, 2.05) is 34.6 Å². The lowest BCUT2D eigenvalue weighted by molar-refractivity contribution is -0.146. The molecule has 8 atom stereocenters. The SMILES string of the molecule is C=CC1C[C@]1(NC(=O)[C@@H]1CC(Oc2cc(-c3nnc(NC(C)C)s3)nc3c(Cl)c(OC)ccc23)CN1C(=O)[C@@H](NC(=O)O[C@@H]1C[C@@H]2C[C@@H]2C1)C(C)(C)C)C(=O)O. The van der Waals surface area contributed by atoms with E-state index in [2.05, 4.69) is 32.7 Å². The largest absolute Gasteiger partial charge is 0.495 e. The predicted molar refractivity (Wildman–Crippen MR) is 210 cm³/mol. The van der Waals surface area contributed by atoms with Crippen molar-refractivity contribution >= 4 is 62.8 Å². The number of rotatable bonds is 13. The molecule has 1 aromatic carbocycles. The molecule has 2 unspecified atom stereocenters. The summed E-state index contributed by atoms with van der Waals surface area (Å²) in [5.74, 6) is -0.877. The lowest BCUT2D eigenvalue weighted by Gasteiger charge is -2.35. The zero-order valence-electron chi connectivity index (χ0n) is 32.3. The van der Waals surface area contributed by atoms with E-state index >= 15 is 0 Å². The number of amides is 3. The lowest BCUT2D eigenvalue weighted by Crippen LogP contribution is -2.59. The molecule has 56 heavy (non-hydrogen) atoms. The molecule has 4 aliphatic rings. The van der Waals surface area contributed by atoms with Gasteiger partial charge in [-0.05, 0) is 68.9 Å². The maximum absolute atomic E-state index is 14.6. The van der Waals surface area contributed by atoms with Crippen LogP contribution in [0, 0.1) is 23.2 Å². The van der Waals surface area contributed by atoms with Gasteiger partial charge >= 0.3 is 12.1 Å². The van der Waals surface area contributed by atoms with Gasteiger partial charge in [-0.2, -0.15) is 0 Å². The van der Waals surface area contributed by atoms with E-state index in [0.29, 0.717) is 50.1 Å². The van der Waals surface area contributed by atoms with Gasteiger partial charge < -0.3 is 40.2 Å². The third-order valence-corrected chi connectivity index (χ3v) is 12.4. The summed E-state index contributed by atoms with van der Waals surface area (Å²) in [6, 6.07) is 3.08. The normalized spacial score (nSPS) is 27.0. The molecule has 0 spiro atoms. The third-order valence-electron chi connectivity index (χ3n) is 11.1. The number of likely N-dealkylation sites (tertiary alicyclic amines) is 1. The van der Waals surface area contributed by atoms with E-state index in [1.54, 1.807) is 18.2 Å². The van der Waals surface area contributed by atoms with Crippen molar-refractivity contribution in [2.75, 3.05) is 19.0 Å².